The van der Waals surface area contributed by atoms with E-state index in [1.54, 1.807) is 11.1 Å². The number of benzene rings is 2. The zero-order valence-corrected chi connectivity index (χ0v) is 33.9. The van der Waals surface area contributed by atoms with Gasteiger partial charge in [0.1, 0.15) is 23.7 Å². The van der Waals surface area contributed by atoms with Crippen molar-refractivity contribution in [3.8, 4) is 34.4 Å². The summed E-state index contributed by atoms with van der Waals surface area (Å²) in [7, 11) is 2.59. The average molecular weight is 789 g/mol. The van der Waals surface area contributed by atoms with E-state index in [0.717, 1.165) is 71.6 Å². The summed E-state index contributed by atoms with van der Waals surface area (Å²) in [4.78, 5) is 71.5. The number of carbonyl (C=O) groups excluding carboxylic acids is 4. The van der Waals surface area contributed by atoms with Crippen molar-refractivity contribution < 1.29 is 28.7 Å². The van der Waals surface area contributed by atoms with Crippen molar-refractivity contribution in [3.63, 3.8) is 0 Å². The zero-order valence-electron chi connectivity index (χ0n) is 33.9. The molecule has 2 bridgehead atoms. The molecule has 2 aliphatic heterocycles. The van der Waals surface area contributed by atoms with Crippen LogP contribution in [0.15, 0.2) is 60.9 Å². The van der Waals surface area contributed by atoms with Crippen LogP contribution in [-0.4, -0.2) is 92.6 Å². The summed E-state index contributed by atoms with van der Waals surface area (Å²) in [6, 6.07) is 14.3. The van der Waals surface area contributed by atoms with Gasteiger partial charge in [0.25, 0.3) is 0 Å². The van der Waals surface area contributed by atoms with Crippen LogP contribution in [-0.2, 0) is 19.1 Å². The number of carbonyl (C=O) groups is 4. The SMILES string of the molecule is COC(=O)N[C@H](C(=O)N1C2CCC(C2)C1c1ncc(-c2ccc(C#Cc3ccc(-c4cnc([C@@H]5CCCN5C(=O)[C@@H](NC(=O)OC)C(C)C)[nH]4)cc3)cc2)[nH]1)C(C)C. The summed E-state index contributed by atoms with van der Waals surface area (Å²) >= 11 is 0. The summed E-state index contributed by atoms with van der Waals surface area (Å²) in [5.74, 6) is 7.85. The summed E-state index contributed by atoms with van der Waals surface area (Å²) in [5, 5.41) is 5.44. The van der Waals surface area contributed by atoms with Gasteiger partial charge in [-0.25, -0.2) is 19.6 Å². The lowest BCUT2D eigenvalue weighted by atomic mass is 9.95. The van der Waals surface area contributed by atoms with E-state index in [9.17, 15) is 19.2 Å². The number of hydrogen-bond donors (Lipinski definition) is 4. The Morgan fingerprint density at radius 1 is 0.724 bits per heavy atom. The first-order valence-corrected chi connectivity index (χ1v) is 20.1. The smallest absolute Gasteiger partial charge is 0.407 e. The Balaban J connectivity index is 0.990. The Labute approximate surface area is 338 Å². The zero-order chi connectivity index (χ0) is 41.1. The molecule has 4 N–H and O–H groups in total. The molecule has 6 atom stereocenters. The van der Waals surface area contributed by atoms with Crippen molar-refractivity contribution in [3.05, 3.63) is 83.7 Å². The molecular weight excluding hydrogens is 737 g/mol. The number of likely N-dealkylation sites (tertiary alicyclic amines) is 2. The van der Waals surface area contributed by atoms with Gasteiger partial charge in [-0.2, -0.15) is 0 Å². The Kier molecular flexibility index (Phi) is 11.9. The Hall–Kier alpha value is -6.10. The number of ether oxygens (including phenoxy) is 2. The van der Waals surface area contributed by atoms with Crippen molar-refractivity contribution in [1.82, 2.24) is 40.4 Å². The molecule has 2 saturated heterocycles. The predicted molar refractivity (Wildman–Crippen MR) is 217 cm³/mol. The maximum absolute atomic E-state index is 13.9. The molecule has 2 aromatic carbocycles. The second-order valence-corrected chi connectivity index (χ2v) is 16.1. The third-order valence-electron chi connectivity index (χ3n) is 11.7. The van der Waals surface area contributed by atoms with Gasteiger partial charge in [0, 0.05) is 23.7 Å². The number of nitrogens with one attached hydrogen (secondary N) is 4. The van der Waals surface area contributed by atoms with Crippen LogP contribution in [0.2, 0.25) is 0 Å². The lowest BCUT2D eigenvalue weighted by molar-refractivity contribution is -0.139. The summed E-state index contributed by atoms with van der Waals surface area (Å²) in [6.07, 6.45) is 6.90. The van der Waals surface area contributed by atoms with Gasteiger partial charge in [0.05, 0.1) is 50.1 Å². The normalized spacial score (nSPS) is 20.8. The summed E-state index contributed by atoms with van der Waals surface area (Å²) in [6.45, 7) is 8.23. The van der Waals surface area contributed by atoms with Gasteiger partial charge in [0.15, 0.2) is 0 Å². The molecule has 4 aromatic rings. The topological polar surface area (TPSA) is 175 Å². The minimum atomic E-state index is -0.690. The van der Waals surface area contributed by atoms with Crippen molar-refractivity contribution in [2.75, 3.05) is 20.8 Å². The molecule has 14 heteroatoms. The van der Waals surface area contributed by atoms with Crippen LogP contribution in [0.3, 0.4) is 0 Å². The highest BCUT2D eigenvalue weighted by molar-refractivity contribution is 5.87. The number of methoxy groups -OCH3 is 2. The molecule has 7 rings (SSSR count). The molecule has 0 radical (unpaired) electrons. The molecule has 2 aromatic heterocycles. The minimum Gasteiger partial charge on any atom is -0.453 e. The fourth-order valence-corrected chi connectivity index (χ4v) is 8.61. The van der Waals surface area contributed by atoms with E-state index in [2.05, 4.69) is 37.4 Å². The van der Waals surface area contributed by atoms with Gasteiger partial charge in [0.2, 0.25) is 11.8 Å². The second kappa shape index (κ2) is 17.2. The van der Waals surface area contributed by atoms with Gasteiger partial charge in [-0.1, -0.05) is 63.8 Å². The maximum atomic E-state index is 13.9. The van der Waals surface area contributed by atoms with E-state index >= 15 is 0 Å². The van der Waals surface area contributed by atoms with Crippen molar-refractivity contribution >= 4 is 24.0 Å². The van der Waals surface area contributed by atoms with Gasteiger partial charge in [-0.05, 0) is 85.3 Å². The fraction of sp³-hybridized carbons (Fsp3) is 0.455. The summed E-state index contributed by atoms with van der Waals surface area (Å²) < 4.78 is 9.56. The number of H-pyrrole nitrogens is 2. The monoisotopic (exact) mass is 788 g/mol. The van der Waals surface area contributed by atoms with E-state index < -0.39 is 24.3 Å². The summed E-state index contributed by atoms with van der Waals surface area (Å²) in [5.41, 5.74) is 5.34. The number of aromatic amines is 2. The van der Waals surface area contributed by atoms with E-state index in [0.29, 0.717) is 18.3 Å². The maximum Gasteiger partial charge on any atom is 0.407 e. The van der Waals surface area contributed by atoms with Crippen LogP contribution >= 0.6 is 0 Å². The number of hydrogen-bond acceptors (Lipinski definition) is 8. The van der Waals surface area contributed by atoms with Gasteiger partial charge >= 0.3 is 12.2 Å². The fourth-order valence-electron chi connectivity index (χ4n) is 8.61. The van der Waals surface area contributed by atoms with Crippen molar-refractivity contribution in [2.24, 2.45) is 17.8 Å². The number of amides is 4. The first kappa shape index (κ1) is 40.1. The van der Waals surface area contributed by atoms with Crippen LogP contribution < -0.4 is 10.6 Å². The highest BCUT2D eigenvalue weighted by Crippen LogP contribution is 2.50. The number of rotatable bonds is 10. The first-order valence-electron chi connectivity index (χ1n) is 20.1. The third-order valence-corrected chi connectivity index (χ3v) is 11.7. The van der Waals surface area contributed by atoms with Gasteiger partial charge in [-0.15, -0.1) is 0 Å². The van der Waals surface area contributed by atoms with E-state index in [1.807, 2.05) is 87.3 Å². The molecule has 58 heavy (non-hydrogen) atoms. The third kappa shape index (κ3) is 8.30. The van der Waals surface area contributed by atoms with Crippen molar-refractivity contribution in [1.29, 1.82) is 0 Å². The number of imidazole rings is 2. The highest BCUT2D eigenvalue weighted by atomic mass is 16.5. The van der Waals surface area contributed by atoms with Crippen LogP contribution in [0, 0.1) is 29.6 Å². The molecule has 4 heterocycles. The van der Waals surface area contributed by atoms with Crippen LogP contribution in [0.4, 0.5) is 9.59 Å². The Morgan fingerprint density at radius 2 is 1.24 bits per heavy atom. The van der Waals surface area contributed by atoms with E-state index in [-0.39, 0.29) is 41.8 Å². The average Bonchev–Trinajstić information content (AvgIpc) is 4.09. The van der Waals surface area contributed by atoms with Gasteiger partial charge in [-0.3, -0.25) is 9.59 Å². The number of alkyl carbamates (subject to hydrolysis) is 2. The molecule has 1 saturated carbocycles. The molecule has 3 fully saturated rings. The second-order valence-electron chi connectivity index (χ2n) is 16.1. The molecular formula is C44H52N8O6. The number of fused-ring (bicyclic) bond motifs is 2. The first-order chi connectivity index (χ1) is 27.9. The van der Waals surface area contributed by atoms with Gasteiger partial charge < -0.3 is 39.9 Å². The van der Waals surface area contributed by atoms with Crippen molar-refractivity contribution in [2.45, 2.75) is 90.0 Å². The predicted octanol–water partition coefficient (Wildman–Crippen LogP) is 6.34. The molecule has 3 aliphatic rings. The van der Waals surface area contributed by atoms with Crippen LogP contribution in [0.25, 0.3) is 22.5 Å². The van der Waals surface area contributed by atoms with Crippen LogP contribution in [0.1, 0.15) is 94.7 Å². The standard InChI is InChI=1S/C44H52N8O6/c1-25(2)36(49-43(55)57-5)41(53)51-21-7-8-35(51)39-45-23-33(47-39)29-15-11-27(12-16-29)9-10-28-13-17-30(18-14-28)34-24-46-40(48-34)38-31-19-20-32(22-31)52(38)42(54)37(26(3)4)50-44(56)58-6/h11-18,23-26,31-32,35-38H,7-8,19-22H2,1-6H3,(H,45,47)(H,46,48)(H,49,55)(H,50,56)/t31?,32?,35-,36-,37-,38?/m0/s1. The number of piperidine rings is 1. The lowest BCUT2D eigenvalue weighted by Crippen LogP contribution is -2.54. The highest BCUT2D eigenvalue weighted by Gasteiger charge is 2.51. The molecule has 14 nitrogen and oxygen atoms in total. The van der Waals surface area contributed by atoms with Crippen LogP contribution in [0.5, 0.6) is 0 Å². The molecule has 4 amide bonds. The molecule has 304 valence electrons. The van der Waals surface area contributed by atoms with E-state index in [4.69, 9.17) is 14.5 Å². The Morgan fingerprint density at radius 3 is 1.78 bits per heavy atom. The number of aromatic nitrogens is 4. The van der Waals surface area contributed by atoms with E-state index in [1.165, 1.54) is 14.2 Å². The molecule has 1 aliphatic carbocycles. The Bertz CT molecular complexity index is 2180. The molecule has 3 unspecified atom stereocenters. The molecule has 0 spiro atoms. The quantitative estimate of drug-likeness (QED) is 0.135. The number of nitrogens with zero attached hydrogens (tertiary/aromatic N) is 4. The lowest BCUT2D eigenvalue weighted by Gasteiger charge is -2.37. The minimum absolute atomic E-state index is 0.0996. The largest absolute Gasteiger partial charge is 0.453 e.